The first-order valence-electron chi connectivity index (χ1n) is 7.37. The molecule has 0 aliphatic rings. The monoisotopic (exact) mass is 358 g/mol. The van der Waals surface area contributed by atoms with Gasteiger partial charge in [-0.3, -0.25) is 4.79 Å². The van der Waals surface area contributed by atoms with Gasteiger partial charge in [-0.15, -0.1) is 0 Å². The van der Waals surface area contributed by atoms with Gasteiger partial charge in [-0.05, 0) is 30.3 Å². The topological polar surface area (TPSA) is 73.6 Å². The summed E-state index contributed by atoms with van der Waals surface area (Å²) in [7, 11) is 3.10. The number of hydrogen-bond acceptors (Lipinski definition) is 5. The van der Waals surface area contributed by atoms with Crippen LogP contribution in [-0.2, 0) is 0 Å². The number of rotatable bonds is 5. The summed E-state index contributed by atoms with van der Waals surface area (Å²) >= 11 is 6.03. The fourth-order valence-corrected chi connectivity index (χ4v) is 2.44. The van der Waals surface area contributed by atoms with Gasteiger partial charge in [0.2, 0.25) is 0 Å². The molecule has 25 heavy (non-hydrogen) atoms. The summed E-state index contributed by atoms with van der Waals surface area (Å²) in [4.78, 5) is 12.3. The number of carbonyl (C=O) groups is 1. The molecule has 6 nitrogen and oxygen atoms in total. The van der Waals surface area contributed by atoms with Crippen molar-refractivity contribution in [2.24, 2.45) is 0 Å². The lowest BCUT2D eigenvalue weighted by Gasteiger charge is -2.07. The first kappa shape index (κ1) is 16.9. The number of methoxy groups -OCH3 is 2. The molecule has 1 N–H and O–H groups in total. The van der Waals surface area contributed by atoms with Crippen molar-refractivity contribution < 1.29 is 18.8 Å². The van der Waals surface area contributed by atoms with Crippen LogP contribution in [0.4, 0.5) is 5.69 Å². The Balaban J connectivity index is 1.83. The predicted molar refractivity (Wildman–Crippen MR) is 94.4 cm³/mol. The van der Waals surface area contributed by atoms with Crippen molar-refractivity contribution in [1.29, 1.82) is 0 Å². The molecule has 0 atom stereocenters. The Labute approximate surface area is 149 Å². The lowest BCUT2D eigenvalue weighted by Crippen LogP contribution is -2.12. The first-order chi connectivity index (χ1) is 12.1. The molecule has 0 spiro atoms. The summed E-state index contributed by atoms with van der Waals surface area (Å²) in [5.74, 6) is 1.18. The molecule has 3 rings (SSSR count). The number of hydrogen-bond donors (Lipinski definition) is 1. The average Bonchev–Trinajstić information content (AvgIpc) is 3.13. The Kier molecular flexibility index (Phi) is 4.90. The third kappa shape index (κ3) is 3.59. The van der Waals surface area contributed by atoms with E-state index in [1.807, 2.05) is 0 Å². The molecule has 3 aromatic rings. The molecule has 0 radical (unpaired) electrons. The fourth-order valence-electron chi connectivity index (χ4n) is 2.26. The molecule has 0 fully saturated rings. The lowest BCUT2D eigenvalue weighted by molar-refractivity contribution is 0.101. The van der Waals surface area contributed by atoms with Crippen LogP contribution in [0.1, 0.15) is 10.5 Å². The number of halogens is 1. The van der Waals surface area contributed by atoms with Crippen LogP contribution in [0.2, 0.25) is 5.02 Å². The Hall–Kier alpha value is -2.99. The second kappa shape index (κ2) is 7.27. The van der Waals surface area contributed by atoms with E-state index in [9.17, 15) is 4.79 Å². The van der Waals surface area contributed by atoms with Gasteiger partial charge in [-0.1, -0.05) is 28.9 Å². The van der Waals surface area contributed by atoms with Crippen molar-refractivity contribution in [2.75, 3.05) is 19.5 Å². The van der Waals surface area contributed by atoms with Crippen molar-refractivity contribution in [3.8, 4) is 22.8 Å². The maximum atomic E-state index is 12.3. The van der Waals surface area contributed by atoms with Crippen LogP contribution in [-0.4, -0.2) is 25.3 Å². The van der Waals surface area contributed by atoms with Crippen LogP contribution in [0.25, 0.3) is 11.3 Å². The SMILES string of the molecule is COc1ccc(-c2cc(C(=O)Nc3ccccc3Cl)no2)cc1OC. The molecule has 128 valence electrons. The van der Waals surface area contributed by atoms with E-state index >= 15 is 0 Å². The minimum atomic E-state index is -0.413. The fraction of sp³-hybridized carbons (Fsp3) is 0.111. The smallest absolute Gasteiger partial charge is 0.277 e. The molecule has 0 saturated carbocycles. The highest BCUT2D eigenvalue weighted by molar-refractivity contribution is 6.33. The summed E-state index contributed by atoms with van der Waals surface area (Å²) < 4.78 is 15.7. The maximum Gasteiger partial charge on any atom is 0.277 e. The quantitative estimate of drug-likeness (QED) is 0.737. The normalized spacial score (nSPS) is 10.4. The second-order valence-electron chi connectivity index (χ2n) is 5.08. The largest absolute Gasteiger partial charge is 0.493 e. The molecule has 7 heteroatoms. The van der Waals surface area contributed by atoms with Crippen molar-refractivity contribution in [3.05, 3.63) is 59.2 Å². The highest BCUT2D eigenvalue weighted by Gasteiger charge is 2.16. The number of nitrogens with one attached hydrogen (secondary N) is 1. The minimum absolute atomic E-state index is 0.143. The number of carbonyl (C=O) groups excluding carboxylic acids is 1. The third-order valence-electron chi connectivity index (χ3n) is 3.53. The van der Waals surface area contributed by atoms with Crippen LogP contribution in [0.3, 0.4) is 0 Å². The zero-order valence-electron chi connectivity index (χ0n) is 13.6. The van der Waals surface area contributed by atoms with Gasteiger partial charge in [-0.2, -0.15) is 0 Å². The van der Waals surface area contributed by atoms with Crippen molar-refractivity contribution >= 4 is 23.2 Å². The van der Waals surface area contributed by atoms with E-state index in [1.165, 1.54) is 0 Å². The van der Waals surface area contributed by atoms with Gasteiger partial charge in [0.25, 0.3) is 5.91 Å². The van der Waals surface area contributed by atoms with Gasteiger partial charge < -0.3 is 19.3 Å². The standard InChI is InChI=1S/C18H15ClN2O4/c1-23-15-8-7-11(9-17(15)24-2)16-10-14(21-25-16)18(22)20-13-6-4-3-5-12(13)19/h3-10H,1-2H3,(H,20,22). The Morgan fingerprint density at radius 2 is 1.84 bits per heavy atom. The van der Waals surface area contributed by atoms with Crippen molar-refractivity contribution in [1.82, 2.24) is 5.16 Å². The molecule has 0 aliphatic heterocycles. The molecule has 0 aliphatic carbocycles. The highest BCUT2D eigenvalue weighted by atomic mass is 35.5. The van der Waals surface area contributed by atoms with E-state index in [0.717, 1.165) is 0 Å². The van der Waals surface area contributed by atoms with Crippen LogP contribution in [0, 0.1) is 0 Å². The van der Waals surface area contributed by atoms with Gasteiger partial charge in [0.05, 0.1) is 24.9 Å². The van der Waals surface area contributed by atoms with Gasteiger partial charge in [0.1, 0.15) is 0 Å². The zero-order valence-corrected chi connectivity index (χ0v) is 14.3. The lowest BCUT2D eigenvalue weighted by atomic mass is 10.1. The van der Waals surface area contributed by atoms with Crippen molar-refractivity contribution in [3.63, 3.8) is 0 Å². The number of aromatic nitrogens is 1. The third-order valence-corrected chi connectivity index (χ3v) is 3.86. The molecule has 0 saturated heterocycles. The summed E-state index contributed by atoms with van der Waals surface area (Å²) in [5, 5.41) is 6.95. The molecule has 2 aromatic carbocycles. The molecule has 0 bridgehead atoms. The molecule has 1 aromatic heterocycles. The zero-order chi connectivity index (χ0) is 17.8. The Morgan fingerprint density at radius 1 is 1.08 bits per heavy atom. The van der Waals surface area contributed by atoms with Gasteiger partial charge >= 0.3 is 0 Å². The van der Waals surface area contributed by atoms with E-state index in [-0.39, 0.29) is 5.69 Å². The average molecular weight is 359 g/mol. The number of anilines is 1. The van der Waals surface area contributed by atoms with Crippen molar-refractivity contribution in [2.45, 2.75) is 0 Å². The number of nitrogens with zero attached hydrogens (tertiary/aromatic N) is 1. The van der Waals surface area contributed by atoms with Gasteiger partial charge in [-0.25, -0.2) is 0 Å². The summed E-state index contributed by atoms with van der Waals surface area (Å²) in [5.41, 5.74) is 1.36. The minimum Gasteiger partial charge on any atom is -0.493 e. The first-order valence-corrected chi connectivity index (χ1v) is 7.75. The number of amides is 1. The number of benzene rings is 2. The van der Waals surface area contributed by atoms with Crippen LogP contribution >= 0.6 is 11.6 Å². The van der Waals surface area contributed by atoms with Gasteiger partial charge in [0.15, 0.2) is 23.0 Å². The Bertz CT molecular complexity index is 908. The highest BCUT2D eigenvalue weighted by Crippen LogP contribution is 2.32. The molecule has 1 amide bonds. The molecular formula is C18H15ClN2O4. The summed E-state index contributed by atoms with van der Waals surface area (Å²) in [6, 6.07) is 13.8. The van der Waals surface area contributed by atoms with Gasteiger partial charge in [0, 0.05) is 11.6 Å². The Morgan fingerprint density at radius 3 is 2.56 bits per heavy atom. The predicted octanol–water partition coefficient (Wildman–Crippen LogP) is 4.26. The molecule has 0 unspecified atom stereocenters. The molecular weight excluding hydrogens is 344 g/mol. The number of ether oxygens (including phenoxy) is 2. The summed E-state index contributed by atoms with van der Waals surface area (Å²) in [6.07, 6.45) is 0. The van der Waals surface area contributed by atoms with E-state index < -0.39 is 5.91 Å². The van der Waals surface area contributed by atoms with E-state index in [0.29, 0.717) is 33.5 Å². The van der Waals surface area contributed by atoms with E-state index in [1.54, 1.807) is 62.8 Å². The van der Waals surface area contributed by atoms with E-state index in [4.69, 9.17) is 25.6 Å². The molecule has 1 heterocycles. The summed E-state index contributed by atoms with van der Waals surface area (Å²) in [6.45, 7) is 0. The number of para-hydroxylation sites is 1. The van der Waals surface area contributed by atoms with Crippen LogP contribution in [0.15, 0.2) is 53.1 Å². The maximum absolute atomic E-state index is 12.3. The van der Waals surface area contributed by atoms with E-state index in [2.05, 4.69) is 10.5 Å². The van der Waals surface area contributed by atoms with Crippen LogP contribution in [0.5, 0.6) is 11.5 Å². The van der Waals surface area contributed by atoms with Crippen LogP contribution < -0.4 is 14.8 Å². The second-order valence-corrected chi connectivity index (χ2v) is 5.49.